The maximum absolute atomic E-state index is 12.4. The number of hydrogen-bond donors (Lipinski definition) is 2. The fourth-order valence-electron chi connectivity index (χ4n) is 3.12. The number of thioether (sulfide) groups is 2. The largest absolute Gasteiger partial charge is 0.375 e. The monoisotopic (exact) mass is 546 g/mol. The van der Waals surface area contributed by atoms with E-state index < -0.39 is 6.04 Å². The number of carbonyl (C=O) groups is 4. The highest BCUT2D eigenvalue weighted by Crippen LogP contribution is 2.40. The van der Waals surface area contributed by atoms with Crippen LogP contribution in [0.3, 0.4) is 0 Å². The minimum absolute atomic E-state index is 0.0795. The Morgan fingerprint density at radius 2 is 1.47 bits per heavy atom. The molecule has 7 nitrogen and oxygen atoms in total. The summed E-state index contributed by atoms with van der Waals surface area (Å²) in [6.07, 6.45) is 6.53. The zero-order chi connectivity index (χ0) is 27.8. The van der Waals surface area contributed by atoms with E-state index in [-0.39, 0.29) is 29.0 Å². The Balaban J connectivity index is 0.00000283. The quantitative estimate of drug-likeness (QED) is 0.258. The molecule has 0 aromatic carbocycles. The first-order valence-electron chi connectivity index (χ1n) is 13.0. The van der Waals surface area contributed by atoms with Crippen molar-refractivity contribution >= 4 is 48.3 Å². The van der Waals surface area contributed by atoms with Gasteiger partial charge < -0.3 is 29.8 Å². The molecular formula is C27H50N2O5S2. The van der Waals surface area contributed by atoms with Crippen molar-refractivity contribution in [2.75, 3.05) is 18.1 Å². The highest BCUT2D eigenvalue weighted by Gasteiger charge is 2.33. The second-order valence-corrected chi connectivity index (χ2v) is 13.9. The standard InChI is InChI=1S/C24H44N2O4S2.C3H6O/c1-17(2)25-18(12-27)14-31-20-8-9-21(20)32-15-19(13-28)26-22(29)10-11-24(6,7)30-16-23(3,4)5;1-2-3-4/h12-13,17-21,25H,8-11,14-16H2,1-7H3,(H,26,29);3H,2H2,1H3. The first-order chi connectivity index (χ1) is 16.8. The average Bonchev–Trinajstić information content (AvgIpc) is 2.79. The van der Waals surface area contributed by atoms with Gasteiger partial charge in [0.05, 0.1) is 24.3 Å². The molecule has 0 radical (unpaired) electrons. The molecule has 0 heterocycles. The second-order valence-electron chi connectivity index (χ2n) is 11.4. The minimum Gasteiger partial charge on any atom is -0.375 e. The van der Waals surface area contributed by atoms with Crippen LogP contribution < -0.4 is 10.6 Å². The van der Waals surface area contributed by atoms with Crippen molar-refractivity contribution in [1.29, 1.82) is 0 Å². The van der Waals surface area contributed by atoms with Crippen molar-refractivity contribution < 1.29 is 23.9 Å². The molecule has 0 aromatic rings. The van der Waals surface area contributed by atoms with Gasteiger partial charge in [0.15, 0.2) is 0 Å². The number of carbonyl (C=O) groups excluding carboxylic acids is 4. The Morgan fingerprint density at radius 3 is 1.86 bits per heavy atom. The van der Waals surface area contributed by atoms with Crippen LogP contribution in [0.15, 0.2) is 0 Å². The summed E-state index contributed by atoms with van der Waals surface area (Å²) in [5.74, 6) is 1.25. The first kappa shape index (κ1) is 35.1. The third-order valence-electron chi connectivity index (χ3n) is 5.37. The lowest BCUT2D eigenvalue weighted by Crippen LogP contribution is -2.42. The summed E-state index contributed by atoms with van der Waals surface area (Å²) in [7, 11) is 0. The van der Waals surface area contributed by atoms with E-state index in [1.807, 2.05) is 46.4 Å². The third-order valence-corrected chi connectivity index (χ3v) is 8.63. The smallest absolute Gasteiger partial charge is 0.220 e. The molecule has 4 unspecified atom stereocenters. The van der Waals surface area contributed by atoms with Crippen LogP contribution in [-0.4, -0.2) is 77.1 Å². The SMILES string of the molecule is CC(C)NC(C=O)CSC1CCC1SCC(C=O)NC(=O)CCC(C)(C)OCC(C)(C)C.CCC=O. The molecule has 210 valence electrons. The van der Waals surface area contributed by atoms with Gasteiger partial charge in [-0.3, -0.25) is 4.79 Å². The van der Waals surface area contributed by atoms with Gasteiger partial charge in [-0.05, 0) is 38.5 Å². The van der Waals surface area contributed by atoms with E-state index in [9.17, 15) is 19.2 Å². The normalized spacial score (nSPS) is 19.4. The fourth-order valence-corrected chi connectivity index (χ4v) is 6.15. The van der Waals surface area contributed by atoms with Crippen LogP contribution in [0.4, 0.5) is 0 Å². The molecule has 1 fully saturated rings. The van der Waals surface area contributed by atoms with Crippen molar-refractivity contribution in [2.45, 2.75) is 122 Å². The van der Waals surface area contributed by atoms with Crippen molar-refractivity contribution in [3.05, 3.63) is 0 Å². The van der Waals surface area contributed by atoms with Gasteiger partial charge in [-0.25, -0.2) is 0 Å². The van der Waals surface area contributed by atoms with E-state index in [0.717, 1.165) is 37.5 Å². The van der Waals surface area contributed by atoms with Gasteiger partial charge in [-0.15, -0.1) is 0 Å². The van der Waals surface area contributed by atoms with Gasteiger partial charge in [0.2, 0.25) is 5.91 Å². The molecule has 0 aromatic heterocycles. The van der Waals surface area contributed by atoms with Crippen LogP contribution in [-0.2, 0) is 23.9 Å². The van der Waals surface area contributed by atoms with Crippen molar-refractivity contribution in [2.24, 2.45) is 5.41 Å². The molecule has 1 aliphatic rings. The Hall–Kier alpha value is -0.900. The highest BCUT2D eigenvalue weighted by atomic mass is 32.2. The molecule has 36 heavy (non-hydrogen) atoms. The van der Waals surface area contributed by atoms with Crippen LogP contribution >= 0.6 is 23.5 Å². The van der Waals surface area contributed by atoms with Gasteiger partial charge in [0.25, 0.3) is 0 Å². The van der Waals surface area contributed by atoms with E-state index in [0.29, 0.717) is 42.1 Å². The molecule has 0 saturated heterocycles. The van der Waals surface area contributed by atoms with E-state index in [4.69, 9.17) is 4.74 Å². The van der Waals surface area contributed by atoms with Gasteiger partial charge >= 0.3 is 0 Å². The van der Waals surface area contributed by atoms with Crippen LogP contribution in [0.25, 0.3) is 0 Å². The summed E-state index contributed by atoms with van der Waals surface area (Å²) in [5, 5.41) is 7.10. The summed E-state index contributed by atoms with van der Waals surface area (Å²) in [6.45, 7) is 16.9. The minimum atomic E-state index is -0.470. The molecule has 0 aliphatic heterocycles. The molecule has 1 amide bonds. The van der Waals surface area contributed by atoms with E-state index in [1.165, 1.54) is 0 Å². The molecule has 1 saturated carbocycles. The molecule has 1 aliphatic carbocycles. The Labute approximate surface area is 227 Å². The number of nitrogens with one attached hydrogen (secondary N) is 2. The molecule has 0 spiro atoms. The first-order valence-corrected chi connectivity index (χ1v) is 15.1. The molecule has 9 heteroatoms. The number of ether oxygens (including phenoxy) is 1. The van der Waals surface area contributed by atoms with Gasteiger partial charge in [0, 0.05) is 40.9 Å². The van der Waals surface area contributed by atoms with Crippen LogP contribution in [0.2, 0.25) is 0 Å². The zero-order valence-electron chi connectivity index (χ0n) is 23.6. The van der Waals surface area contributed by atoms with E-state index in [2.05, 4.69) is 31.4 Å². The maximum atomic E-state index is 12.4. The summed E-state index contributed by atoms with van der Waals surface area (Å²) in [5.41, 5.74) is -0.299. The average molecular weight is 547 g/mol. The highest BCUT2D eigenvalue weighted by molar-refractivity contribution is 8.04. The lowest BCUT2D eigenvalue weighted by Gasteiger charge is -2.36. The molecular weight excluding hydrogens is 496 g/mol. The summed E-state index contributed by atoms with van der Waals surface area (Å²) < 4.78 is 5.98. The maximum Gasteiger partial charge on any atom is 0.220 e. The van der Waals surface area contributed by atoms with Gasteiger partial charge in [-0.2, -0.15) is 23.5 Å². The summed E-state index contributed by atoms with van der Waals surface area (Å²) in [6, 6.07) is -0.308. The molecule has 4 atom stereocenters. The van der Waals surface area contributed by atoms with E-state index in [1.54, 1.807) is 11.8 Å². The lowest BCUT2D eigenvalue weighted by molar-refractivity contribution is -0.125. The molecule has 1 rings (SSSR count). The van der Waals surface area contributed by atoms with Gasteiger partial charge in [0.1, 0.15) is 18.9 Å². The van der Waals surface area contributed by atoms with Crippen LogP contribution in [0.1, 0.15) is 87.5 Å². The Bertz CT molecular complexity index is 653. The number of hydrogen-bond acceptors (Lipinski definition) is 8. The van der Waals surface area contributed by atoms with E-state index >= 15 is 0 Å². The van der Waals surface area contributed by atoms with Gasteiger partial charge in [-0.1, -0.05) is 41.5 Å². The third kappa shape index (κ3) is 17.5. The van der Waals surface area contributed by atoms with Crippen molar-refractivity contribution in [3.63, 3.8) is 0 Å². The number of rotatable bonds is 17. The summed E-state index contributed by atoms with van der Waals surface area (Å²) in [4.78, 5) is 44.3. The second kappa shape index (κ2) is 18.4. The van der Waals surface area contributed by atoms with Crippen molar-refractivity contribution in [1.82, 2.24) is 10.6 Å². The summed E-state index contributed by atoms with van der Waals surface area (Å²) >= 11 is 3.59. The van der Waals surface area contributed by atoms with Crippen LogP contribution in [0.5, 0.6) is 0 Å². The number of aldehydes is 3. The zero-order valence-corrected chi connectivity index (χ0v) is 25.3. The predicted molar refractivity (Wildman–Crippen MR) is 153 cm³/mol. The predicted octanol–water partition coefficient (Wildman–Crippen LogP) is 4.45. The molecule has 0 bridgehead atoms. The van der Waals surface area contributed by atoms with Crippen molar-refractivity contribution in [3.8, 4) is 0 Å². The fraction of sp³-hybridized carbons (Fsp3) is 0.852. The number of amides is 1. The topological polar surface area (TPSA) is 102 Å². The van der Waals surface area contributed by atoms with Crippen LogP contribution in [0, 0.1) is 5.41 Å². The Kier molecular flexibility index (Phi) is 17.9. The molecule has 2 N–H and O–H groups in total. The Morgan fingerprint density at radius 1 is 0.972 bits per heavy atom. The lowest BCUT2D eigenvalue weighted by atomic mass is 9.96.